The number of anilines is 1. The number of likely N-dealkylation sites (tertiary alicyclic amines) is 1. The lowest BCUT2D eigenvalue weighted by Gasteiger charge is -2.26. The van der Waals surface area contributed by atoms with Crippen molar-refractivity contribution in [3.05, 3.63) is 12.4 Å². The molecule has 0 amide bonds. The molecule has 9 heteroatoms. The molecule has 19 heavy (non-hydrogen) atoms. The Bertz CT molecular complexity index is 546. The van der Waals surface area contributed by atoms with Crippen molar-refractivity contribution in [1.82, 2.24) is 14.7 Å². The number of hydrogen-bond donors (Lipinski definition) is 1. The Balaban J connectivity index is 2.21. The first-order chi connectivity index (χ1) is 8.77. The Hall–Kier alpha value is -1.19. The van der Waals surface area contributed by atoms with E-state index in [1.165, 1.54) is 10.9 Å². The molecule has 7 nitrogen and oxygen atoms in total. The van der Waals surface area contributed by atoms with Crippen molar-refractivity contribution >= 4 is 15.9 Å². The van der Waals surface area contributed by atoms with E-state index in [9.17, 15) is 12.8 Å². The highest BCUT2D eigenvalue weighted by Gasteiger charge is 2.33. The number of alkyl halides is 1. The van der Waals surface area contributed by atoms with Crippen molar-refractivity contribution in [2.75, 3.05) is 24.4 Å². The van der Waals surface area contributed by atoms with E-state index in [1.54, 1.807) is 25.2 Å². The second-order valence-electron chi connectivity index (χ2n) is 4.87. The minimum absolute atomic E-state index is 0.126. The van der Waals surface area contributed by atoms with Gasteiger partial charge in [-0.15, -0.1) is 0 Å². The van der Waals surface area contributed by atoms with Gasteiger partial charge in [0.2, 0.25) is 0 Å². The Morgan fingerprint density at radius 1 is 1.58 bits per heavy atom. The van der Waals surface area contributed by atoms with E-state index in [0.29, 0.717) is 18.7 Å². The molecule has 2 atom stereocenters. The molecule has 108 valence electrons. The predicted octanol–water partition coefficient (Wildman–Crippen LogP) is -0.528. The molecule has 1 aliphatic rings. The highest BCUT2D eigenvalue weighted by molar-refractivity contribution is 7.90. The van der Waals surface area contributed by atoms with E-state index >= 15 is 0 Å². The molecule has 2 N–H and O–H groups in total. The van der Waals surface area contributed by atoms with E-state index in [1.807, 2.05) is 0 Å². The summed E-state index contributed by atoms with van der Waals surface area (Å²) in [7, 11) is -0.445. The summed E-state index contributed by atoms with van der Waals surface area (Å²) in [5, 5.41) is 9.15. The lowest BCUT2D eigenvalue weighted by molar-refractivity contribution is 0.297. The van der Waals surface area contributed by atoms with Crippen LogP contribution in [-0.2, 0) is 17.3 Å². The zero-order chi connectivity index (χ0) is 14.2. The number of halogens is 1. The van der Waals surface area contributed by atoms with Crippen LogP contribution in [0.3, 0.4) is 0 Å². The predicted molar refractivity (Wildman–Crippen MR) is 69.6 cm³/mol. The summed E-state index contributed by atoms with van der Waals surface area (Å²) in [5.41, 5.74) is 0.390. The fourth-order valence-corrected chi connectivity index (χ4v) is 3.08. The maximum absolute atomic E-state index is 13.3. The molecule has 0 spiro atoms. The molecular weight excluding hydrogens is 273 g/mol. The van der Waals surface area contributed by atoms with Gasteiger partial charge in [0.1, 0.15) is 6.17 Å². The second-order valence-corrected chi connectivity index (χ2v) is 6.35. The van der Waals surface area contributed by atoms with Crippen molar-refractivity contribution in [2.24, 2.45) is 12.2 Å². The Morgan fingerprint density at radius 3 is 2.68 bits per heavy atom. The summed E-state index contributed by atoms with van der Waals surface area (Å²) in [6.07, 6.45) is 2.37. The summed E-state index contributed by atoms with van der Waals surface area (Å²) in [6.45, 7) is 0.442. The summed E-state index contributed by atoms with van der Waals surface area (Å²) < 4.78 is 39.2. The van der Waals surface area contributed by atoms with Gasteiger partial charge in [-0.3, -0.25) is 13.9 Å². The number of hydrogen-bond acceptors (Lipinski definition) is 4. The molecule has 0 aliphatic carbocycles. The van der Waals surface area contributed by atoms with E-state index in [2.05, 4.69) is 5.10 Å². The Morgan fingerprint density at radius 2 is 2.26 bits per heavy atom. The maximum Gasteiger partial charge on any atom is 0.299 e. The zero-order valence-corrected chi connectivity index (χ0v) is 11.7. The molecule has 2 rings (SSSR count). The van der Waals surface area contributed by atoms with Gasteiger partial charge in [-0.25, -0.2) is 9.53 Å². The molecule has 0 aromatic carbocycles. The van der Waals surface area contributed by atoms with Gasteiger partial charge in [-0.1, -0.05) is 0 Å². The first-order valence-electron chi connectivity index (χ1n) is 5.91. The van der Waals surface area contributed by atoms with Gasteiger partial charge in [-0.05, 0) is 13.5 Å². The summed E-state index contributed by atoms with van der Waals surface area (Å²) in [6, 6.07) is -0.187. The maximum atomic E-state index is 13.3. The Labute approximate surface area is 112 Å². The molecule has 0 bridgehead atoms. The number of aryl methyl sites for hydroxylation is 1. The van der Waals surface area contributed by atoms with Crippen molar-refractivity contribution in [1.29, 1.82) is 0 Å². The monoisotopic (exact) mass is 291 g/mol. The lowest BCUT2D eigenvalue weighted by atomic mass is 10.2. The van der Waals surface area contributed by atoms with E-state index in [0.717, 1.165) is 4.31 Å². The number of likely N-dealkylation sites (N-methyl/N-ethyl adjacent to an activating group) is 1. The molecule has 1 fully saturated rings. The average molecular weight is 291 g/mol. The second kappa shape index (κ2) is 5.06. The molecular formula is C10H18FN5O2S. The van der Waals surface area contributed by atoms with Crippen molar-refractivity contribution in [2.45, 2.75) is 18.6 Å². The van der Waals surface area contributed by atoms with Crippen LogP contribution in [0.2, 0.25) is 0 Å². The fourth-order valence-electron chi connectivity index (χ4n) is 2.31. The largest absolute Gasteiger partial charge is 0.299 e. The Kier molecular flexibility index (Phi) is 3.79. The minimum Gasteiger partial charge on any atom is -0.299 e. The van der Waals surface area contributed by atoms with Gasteiger partial charge in [0.25, 0.3) is 10.2 Å². The molecule has 1 saturated heterocycles. The number of nitrogens with two attached hydrogens (primary N) is 1. The van der Waals surface area contributed by atoms with Gasteiger partial charge in [0.15, 0.2) is 0 Å². The molecule has 0 saturated carbocycles. The van der Waals surface area contributed by atoms with Crippen LogP contribution in [0.4, 0.5) is 10.1 Å². The highest BCUT2D eigenvalue weighted by atomic mass is 32.2. The van der Waals surface area contributed by atoms with Crippen molar-refractivity contribution in [3.63, 3.8) is 0 Å². The SMILES string of the molecule is CN1C[C@H](F)C[C@H]1CN(c1cnn(C)c1)S(N)(=O)=O. The van der Waals surface area contributed by atoms with Crippen molar-refractivity contribution < 1.29 is 12.8 Å². The van der Waals surface area contributed by atoms with Crippen LogP contribution < -0.4 is 9.44 Å². The van der Waals surface area contributed by atoms with E-state index in [4.69, 9.17) is 5.14 Å². The van der Waals surface area contributed by atoms with Crippen LogP contribution in [0.5, 0.6) is 0 Å². The summed E-state index contributed by atoms with van der Waals surface area (Å²) in [5.74, 6) is 0. The first-order valence-corrected chi connectivity index (χ1v) is 7.41. The van der Waals surface area contributed by atoms with Crippen LogP contribution >= 0.6 is 0 Å². The molecule has 1 aromatic heterocycles. The van der Waals surface area contributed by atoms with Gasteiger partial charge < -0.3 is 0 Å². The number of nitrogens with zero attached hydrogens (tertiary/aromatic N) is 4. The average Bonchev–Trinajstić information content (AvgIpc) is 2.80. The molecule has 0 unspecified atom stereocenters. The number of rotatable bonds is 4. The van der Waals surface area contributed by atoms with Crippen LogP contribution in [0.1, 0.15) is 6.42 Å². The third-order valence-electron chi connectivity index (χ3n) is 3.30. The topological polar surface area (TPSA) is 84.5 Å². The van der Waals surface area contributed by atoms with Gasteiger partial charge in [0, 0.05) is 25.8 Å². The van der Waals surface area contributed by atoms with Gasteiger partial charge in [0.05, 0.1) is 18.4 Å². The smallest absolute Gasteiger partial charge is 0.299 e. The summed E-state index contributed by atoms with van der Waals surface area (Å²) >= 11 is 0. The molecule has 0 radical (unpaired) electrons. The van der Waals surface area contributed by atoms with Gasteiger partial charge >= 0.3 is 0 Å². The van der Waals surface area contributed by atoms with Crippen molar-refractivity contribution in [3.8, 4) is 0 Å². The highest BCUT2D eigenvalue weighted by Crippen LogP contribution is 2.23. The van der Waals surface area contributed by atoms with Crippen LogP contribution in [0.15, 0.2) is 12.4 Å². The normalized spacial score (nSPS) is 24.8. The first kappa shape index (κ1) is 14.2. The van der Waals surface area contributed by atoms with Gasteiger partial charge in [-0.2, -0.15) is 13.5 Å². The molecule has 2 heterocycles. The molecule has 1 aliphatic heterocycles. The zero-order valence-electron chi connectivity index (χ0n) is 10.9. The van der Waals surface area contributed by atoms with Crippen LogP contribution in [-0.4, -0.2) is 55.4 Å². The lowest BCUT2D eigenvalue weighted by Crippen LogP contribution is -2.44. The standard InChI is InChI=1S/C10H18FN5O2S/c1-14-5-8(11)3-9(14)7-16(19(12,17)18)10-4-13-15(2)6-10/h4,6,8-9H,3,5,7H2,1-2H3,(H2,12,17,18)/t8-,9+/m1/s1. The third-order valence-corrected chi connectivity index (χ3v) is 4.27. The summed E-state index contributed by atoms with van der Waals surface area (Å²) in [4.78, 5) is 1.80. The van der Waals surface area contributed by atoms with E-state index in [-0.39, 0.29) is 12.6 Å². The minimum atomic E-state index is -3.90. The van der Waals surface area contributed by atoms with E-state index < -0.39 is 16.4 Å². The quantitative estimate of drug-likeness (QED) is 0.808. The molecule has 1 aromatic rings. The fraction of sp³-hybridized carbons (Fsp3) is 0.700. The van der Waals surface area contributed by atoms with Crippen LogP contribution in [0, 0.1) is 0 Å². The number of aromatic nitrogens is 2. The third kappa shape index (κ3) is 3.23. The van der Waals surface area contributed by atoms with Crippen LogP contribution in [0.25, 0.3) is 0 Å².